The Hall–Kier alpha value is -4.04. The monoisotopic (exact) mass is 472 g/mol. The van der Waals surface area contributed by atoms with Gasteiger partial charge >= 0.3 is 0 Å². The van der Waals surface area contributed by atoms with Crippen molar-refractivity contribution >= 4 is 28.4 Å². The first-order valence-electron chi connectivity index (χ1n) is 12.7. The zero-order valence-electron chi connectivity index (χ0n) is 22.1. The van der Waals surface area contributed by atoms with Crippen LogP contribution in [0, 0.1) is 20.8 Å². The molecule has 182 valence electrons. The van der Waals surface area contributed by atoms with E-state index in [1.54, 1.807) is 0 Å². The topological polar surface area (TPSA) is 6.48 Å². The molecule has 0 unspecified atom stereocenters. The lowest BCUT2D eigenvalue weighted by Gasteiger charge is -2.29. The van der Waals surface area contributed by atoms with Crippen LogP contribution in [0.5, 0.6) is 0 Å². The highest BCUT2D eigenvalue weighted by Crippen LogP contribution is 2.37. The van der Waals surface area contributed by atoms with E-state index in [-0.39, 0.29) is 0 Å². The third-order valence-electron chi connectivity index (χ3n) is 6.32. The van der Waals surface area contributed by atoms with Crippen molar-refractivity contribution in [2.75, 3.05) is 9.80 Å². The molecule has 0 fully saturated rings. The molecule has 0 saturated heterocycles. The van der Waals surface area contributed by atoms with Gasteiger partial charge in [-0.05, 0) is 101 Å². The minimum atomic E-state index is 1.00. The Balaban J connectivity index is 1.78. The SMILES string of the molecule is C/C=C(\C=C/CC)N(c1ccc(C)cc1)c1ccc(N(c2ccc(C)cc2)c2ccc(C)cc2)cc1. The van der Waals surface area contributed by atoms with E-state index in [1.165, 1.54) is 16.7 Å². The van der Waals surface area contributed by atoms with Gasteiger partial charge in [0.2, 0.25) is 0 Å². The second-order valence-corrected chi connectivity index (χ2v) is 9.22. The number of hydrogen-bond acceptors (Lipinski definition) is 2. The van der Waals surface area contributed by atoms with Crippen molar-refractivity contribution in [2.24, 2.45) is 0 Å². The molecule has 2 nitrogen and oxygen atoms in total. The lowest BCUT2D eigenvalue weighted by atomic mass is 10.1. The van der Waals surface area contributed by atoms with Crippen molar-refractivity contribution in [1.82, 2.24) is 0 Å². The first-order valence-corrected chi connectivity index (χ1v) is 12.7. The van der Waals surface area contributed by atoms with Crippen LogP contribution in [0.4, 0.5) is 28.4 Å². The van der Waals surface area contributed by atoms with E-state index in [9.17, 15) is 0 Å². The van der Waals surface area contributed by atoms with Crippen molar-refractivity contribution in [1.29, 1.82) is 0 Å². The molecule has 4 aromatic rings. The summed E-state index contributed by atoms with van der Waals surface area (Å²) in [5.74, 6) is 0. The summed E-state index contributed by atoms with van der Waals surface area (Å²) in [6.45, 7) is 10.6. The van der Waals surface area contributed by atoms with Gasteiger partial charge < -0.3 is 9.80 Å². The molecule has 36 heavy (non-hydrogen) atoms. The number of nitrogens with zero attached hydrogens (tertiary/aromatic N) is 2. The van der Waals surface area contributed by atoms with Crippen molar-refractivity contribution in [3.05, 3.63) is 138 Å². The van der Waals surface area contributed by atoms with E-state index in [0.29, 0.717) is 0 Å². The van der Waals surface area contributed by atoms with Crippen LogP contribution in [0.15, 0.2) is 121 Å². The molecular formula is C34H36N2. The van der Waals surface area contributed by atoms with E-state index in [0.717, 1.165) is 40.6 Å². The predicted octanol–water partition coefficient (Wildman–Crippen LogP) is 10.1. The number of allylic oxidation sites excluding steroid dienone is 3. The van der Waals surface area contributed by atoms with E-state index >= 15 is 0 Å². The van der Waals surface area contributed by atoms with E-state index in [4.69, 9.17) is 0 Å². The molecule has 0 N–H and O–H groups in total. The maximum Gasteiger partial charge on any atom is 0.0463 e. The van der Waals surface area contributed by atoms with Gasteiger partial charge in [-0.2, -0.15) is 0 Å². The van der Waals surface area contributed by atoms with Crippen LogP contribution < -0.4 is 9.80 Å². The van der Waals surface area contributed by atoms with Crippen molar-refractivity contribution < 1.29 is 0 Å². The molecule has 0 aliphatic rings. The van der Waals surface area contributed by atoms with Crippen molar-refractivity contribution in [3.8, 4) is 0 Å². The van der Waals surface area contributed by atoms with Gasteiger partial charge in [-0.25, -0.2) is 0 Å². The number of benzene rings is 4. The molecule has 0 bridgehead atoms. The lowest BCUT2D eigenvalue weighted by molar-refractivity contribution is 1.16. The van der Waals surface area contributed by atoms with Gasteiger partial charge in [0.25, 0.3) is 0 Å². The third kappa shape index (κ3) is 5.78. The molecular weight excluding hydrogens is 436 g/mol. The fourth-order valence-electron chi connectivity index (χ4n) is 4.27. The molecule has 0 heterocycles. The van der Waals surface area contributed by atoms with Crippen molar-refractivity contribution in [3.63, 3.8) is 0 Å². The van der Waals surface area contributed by atoms with Crippen LogP contribution in [-0.2, 0) is 0 Å². The highest BCUT2D eigenvalue weighted by molar-refractivity contribution is 5.79. The fourth-order valence-corrected chi connectivity index (χ4v) is 4.27. The average Bonchev–Trinajstić information content (AvgIpc) is 2.90. The second kappa shape index (κ2) is 11.6. The fraction of sp³-hybridized carbons (Fsp3) is 0.176. The van der Waals surface area contributed by atoms with Gasteiger partial charge in [0.15, 0.2) is 0 Å². The van der Waals surface area contributed by atoms with E-state index < -0.39 is 0 Å². The van der Waals surface area contributed by atoms with Crippen LogP contribution in [0.2, 0.25) is 0 Å². The molecule has 0 saturated carbocycles. The first-order chi connectivity index (χ1) is 17.5. The number of aryl methyl sites for hydroxylation is 3. The first kappa shape index (κ1) is 25.1. The predicted molar refractivity (Wildman–Crippen MR) is 157 cm³/mol. The van der Waals surface area contributed by atoms with E-state index in [1.807, 2.05) is 0 Å². The highest BCUT2D eigenvalue weighted by atomic mass is 15.2. The summed E-state index contributed by atoms with van der Waals surface area (Å²) in [7, 11) is 0. The largest absolute Gasteiger partial charge is 0.311 e. The Morgan fingerprint density at radius 1 is 0.556 bits per heavy atom. The standard InChI is InChI=1S/C34H36N2/c1-6-8-9-29(7-2)35(30-16-10-26(3)11-17-30)33-22-24-34(25-23-33)36(31-18-12-27(4)13-19-31)32-20-14-28(5)15-21-32/h7-25H,6H2,1-5H3/b9-8-,29-7+. The smallest absolute Gasteiger partial charge is 0.0463 e. The molecule has 4 aromatic carbocycles. The minimum Gasteiger partial charge on any atom is -0.311 e. The maximum absolute atomic E-state index is 2.32. The average molecular weight is 473 g/mol. The number of anilines is 5. The Kier molecular flexibility index (Phi) is 8.07. The summed E-state index contributed by atoms with van der Waals surface area (Å²) in [4.78, 5) is 4.63. The van der Waals surface area contributed by atoms with Gasteiger partial charge in [-0.15, -0.1) is 0 Å². The molecule has 2 heteroatoms. The Morgan fingerprint density at radius 2 is 0.889 bits per heavy atom. The number of hydrogen-bond donors (Lipinski definition) is 0. The molecule has 0 amide bonds. The van der Waals surface area contributed by atoms with Crippen LogP contribution >= 0.6 is 0 Å². The molecule has 0 aliphatic heterocycles. The van der Waals surface area contributed by atoms with Crippen molar-refractivity contribution in [2.45, 2.75) is 41.0 Å². The van der Waals surface area contributed by atoms with Crippen LogP contribution in [0.25, 0.3) is 0 Å². The van der Waals surface area contributed by atoms with Crippen LogP contribution in [0.1, 0.15) is 37.0 Å². The zero-order chi connectivity index (χ0) is 25.5. The summed E-state index contributed by atoms with van der Waals surface area (Å²) in [5.41, 5.74) is 10.6. The van der Waals surface area contributed by atoms with Gasteiger partial charge in [0.05, 0.1) is 0 Å². The van der Waals surface area contributed by atoms with Gasteiger partial charge in [-0.1, -0.05) is 72.2 Å². The second-order valence-electron chi connectivity index (χ2n) is 9.22. The van der Waals surface area contributed by atoms with Crippen LogP contribution in [-0.4, -0.2) is 0 Å². The molecule has 0 radical (unpaired) electrons. The van der Waals surface area contributed by atoms with Gasteiger partial charge in [0.1, 0.15) is 0 Å². The summed E-state index contributed by atoms with van der Waals surface area (Å²) in [6, 6.07) is 35.0. The summed E-state index contributed by atoms with van der Waals surface area (Å²) in [6.07, 6.45) is 7.59. The molecule has 0 atom stereocenters. The lowest BCUT2D eigenvalue weighted by Crippen LogP contribution is -2.15. The zero-order valence-corrected chi connectivity index (χ0v) is 22.1. The summed E-state index contributed by atoms with van der Waals surface area (Å²) >= 11 is 0. The normalized spacial score (nSPS) is 11.6. The Bertz CT molecular complexity index is 1260. The Labute approximate surface area is 216 Å². The Morgan fingerprint density at radius 3 is 1.25 bits per heavy atom. The maximum atomic E-state index is 2.32. The molecule has 4 rings (SSSR count). The number of rotatable bonds is 8. The van der Waals surface area contributed by atoms with Crippen LogP contribution in [0.3, 0.4) is 0 Å². The summed E-state index contributed by atoms with van der Waals surface area (Å²) in [5, 5.41) is 0. The van der Waals surface area contributed by atoms with Gasteiger partial charge in [0, 0.05) is 34.1 Å². The molecule has 0 aromatic heterocycles. The highest BCUT2D eigenvalue weighted by Gasteiger charge is 2.16. The quantitative estimate of drug-likeness (QED) is 0.235. The molecule has 0 spiro atoms. The third-order valence-corrected chi connectivity index (χ3v) is 6.32. The molecule has 0 aliphatic carbocycles. The minimum absolute atomic E-state index is 1.00. The summed E-state index contributed by atoms with van der Waals surface area (Å²) < 4.78 is 0. The van der Waals surface area contributed by atoms with Gasteiger partial charge in [-0.3, -0.25) is 0 Å². The van der Waals surface area contributed by atoms with E-state index in [2.05, 4.69) is 160 Å².